The van der Waals surface area contributed by atoms with E-state index < -0.39 is 10.0 Å². The number of ether oxygens (including phenoxy) is 1. The van der Waals surface area contributed by atoms with Crippen LogP contribution in [-0.4, -0.2) is 32.2 Å². The number of benzene rings is 1. The first-order chi connectivity index (χ1) is 10.5. The van der Waals surface area contributed by atoms with Gasteiger partial charge in [0.2, 0.25) is 10.0 Å². The highest BCUT2D eigenvalue weighted by molar-refractivity contribution is 7.89. The predicted octanol–water partition coefficient (Wildman–Crippen LogP) is 2.39. The number of pyridine rings is 1. The lowest BCUT2D eigenvalue weighted by Gasteiger charge is -2.20. The molecule has 6 heteroatoms. The Bertz CT molecular complexity index is 783. The molecule has 1 fully saturated rings. The molecule has 0 saturated carbocycles. The van der Waals surface area contributed by atoms with Crippen LogP contribution in [0.5, 0.6) is 0 Å². The molecule has 0 aliphatic carbocycles. The maximum absolute atomic E-state index is 12.7. The van der Waals surface area contributed by atoms with Gasteiger partial charge in [-0.25, -0.2) is 13.1 Å². The van der Waals surface area contributed by atoms with Crippen LogP contribution < -0.4 is 4.72 Å². The van der Waals surface area contributed by atoms with Crippen molar-refractivity contribution in [3.05, 3.63) is 36.0 Å². The first-order valence-electron chi connectivity index (χ1n) is 7.47. The molecule has 0 spiro atoms. The summed E-state index contributed by atoms with van der Waals surface area (Å²) in [4.78, 5) is 4.52. The minimum Gasteiger partial charge on any atom is -0.377 e. The van der Waals surface area contributed by atoms with Crippen LogP contribution >= 0.6 is 0 Å². The summed E-state index contributed by atoms with van der Waals surface area (Å²) in [5.41, 5.74) is 1.50. The van der Waals surface area contributed by atoms with Gasteiger partial charge >= 0.3 is 0 Å². The molecule has 1 saturated heterocycles. The standard InChI is InChI=1S/C16H20N2O3S/c1-11-9-13-5-3-7-15(16(13)17-10-11)22(19,20)18-12(2)14-6-4-8-21-14/h3,5,7,9-10,12,14,18H,4,6,8H2,1-2H3. The zero-order valence-electron chi connectivity index (χ0n) is 12.7. The molecule has 1 aromatic carbocycles. The topological polar surface area (TPSA) is 68.3 Å². The van der Waals surface area contributed by atoms with Crippen LogP contribution in [0.15, 0.2) is 35.4 Å². The summed E-state index contributed by atoms with van der Waals surface area (Å²) in [5.74, 6) is 0. The molecular formula is C16H20N2O3S. The molecule has 22 heavy (non-hydrogen) atoms. The van der Waals surface area contributed by atoms with E-state index in [1.807, 2.05) is 26.0 Å². The molecule has 1 aliphatic heterocycles. The van der Waals surface area contributed by atoms with E-state index in [2.05, 4.69) is 9.71 Å². The van der Waals surface area contributed by atoms with Crippen molar-refractivity contribution >= 4 is 20.9 Å². The summed E-state index contributed by atoms with van der Waals surface area (Å²) in [6.45, 7) is 4.48. The highest BCUT2D eigenvalue weighted by atomic mass is 32.2. The van der Waals surface area contributed by atoms with Crippen molar-refractivity contribution < 1.29 is 13.2 Å². The highest BCUT2D eigenvalue weighted by Crippen LogP contribution is 2.23. The molecule has 0 radical (unpaired) electrons. The van der Waals surface area contributed by atoms with Gasteiger partial charge in [-0.3, -0.25) is 4.98 Å². The highest BCUT2D eigenvalue weighted by Gasteiger charge is 2.28. The van der Waals surface area contributed by atoms with Crippen molar-refractivity contribution in [1.82, 2.24) is 9.71 Å². The molecule has 0 bridgehead atoms. The van der Waals surface area contributed by atoms with E-state index >= 15 is 0 Å². The smallest absolute Gasteiger partial charge is 0.243 e. The zero-order valence-corrected chi connectivity index (χ0v) is 13.6. The summed E-state index contributed by atoms with van der Waals surface area (Å²) in [7, 11) is -3.63. The SMILES string of the molecule is Cc1cnc2c(S(=O)(=O)NC(C)C3CCCO3)cccc2c1. The molecule has 3 rings (SSSR count). The van der Waals surface area contributed by atoms with Crippen molar-refractivity contribution in [3.8, 4) is 0 Å². The second kappa shape index (κ2) is 5.95. The average molecular weight is 320 g/mol. The van der Waals surface area contributed by atoms with Crippen molar-refractivity contribution in [3.63, 3.8) is 0 Å². The maximum Gasteiger partial charge on any atom is 0.243 e. The van der Waals surface area contributed by atoms with Crippen LogP contribution in [0.1, 0.15) is 25.3 Å². The molecule has 1 N–H and O–H groups in total. The average Bonchev–Trinajstić information content (AvgIpc) is 3.00. The predicted molar refractivity (Wildman–Crippen MR) is 85.2 cm³/mol. The Kier molecular flexibility index (Phi) is 4.16. The Morgan fingerprint density at radius 1 is 1.41 bits per heavy atom. The van der Waals surface area contributed by atoms with Crippen molar-refractivity contribution in [2.24, 2.45) is 0 Å². The Hall–Kier alpha value is -1.50. The molecule has 1 aromatic heterocycles. The third kappa shape index (κ3) is 2.99. The summed E-state index contributed by atoms with van der Waals surface area (Å²) >= 11 is 0. The number of hydrogen-bond donors (Lipinski definition) is 1. The largest absolute Gasteiger partial charge is 0.377 e. The monoisotopic (exact) mass is 320 g/mol. The summed E-state index contributed by atoms with van der Waals surface area (Å²) in [5, 5.41) is 0.827. The Morgan fingerprint density at radius 2 is 2.23 bits per heavy atom. The number of fused-ring (bicyclic) bond motifs is 1. The fourth-order valence-corrected chi connectivity index (χ4v) is 4.29. The molecular weight excluding hydrogens is 300 g/mol. The third-order valence-corrected chi connectivity index (χ3v) is 5.55. The number of para-hydroxylation sites is 1. The second-order valence-electron chi connectivity index (χ2n) is 5.80. The van der Waals surface area contributed by atoms with Gasteiger partial charge in [0.1, 0.15) is 4.90 Å². The molecule has 2 aromatic rings. The second-order valence-corrected chi connectivity index (χ2v) is 7.48. The van der Waals surface area contributed by atoms with Gasteiger partial charge in [-0.15, -0.1) is 0 Å². The fourth-order valence-electron chi connectivity index (χ4n) is 2.84. The zero-order chi connectivity index (χ0) is 15.7. The van der Waals surface area contributed by atoms with Gasteiger partial charge in [0.25, 0.3) is 0 Å². The van der Waals surface area contributed by atoms with Gasteiger partial charge < -0.3 is 4.74 Å². The normalized spacial score (nSPS) is 20.4. The van der Waals surface area contributed by atoms with Gasteiger partial charge in [0.15, 0.2) is 0 Å². The minimum atomic E-state index is -3.63. The van der Waals surface area contributed by atoms with Gasteiger partial charge in [0, 0.05) is 24.2 Å². The lowest BCUT2D eigenvalue weighted by molar-refractivity contribution is 0.0902. The fraction of sp³-hybridized carbons (Fsp3) is 0.438. The van der Waals surface area contributed by atoms with E-state index in [1.54, 1.807) is 18.3 Å². The lowest BCUT2D eigenvalue weighted by Crippen LogP contribution is -2.40. The van der Waals surface area contributed by atoms with E-state index in [-0.39, 0.29) is 17.0 Å². The first-order valence-corrected chi connectivity index (χ1v) is 8.95. The summed E-state index contributed by atoms with van der Waals surface area (Å²) in [6, 6.07) is 6.89. The Labute approximate surface area is 130 Å². The maximum atomic E-state index is 12.7. The van der Waals surface area contributed by atoms with Crippen LogP contribution in [0.3, 0.4) is 0 Å². The first kappa shape index (κ1) is 15.4. The van der Waals surface area contributed by atoms with Crippen molar-refractivity contribution in [1.29, 1.82) is 0 Å². The number of rotatable bonds is 4. The molecule has 2 unspecified atom stereocenters. The van der Waals surface area contributed by atoms with E-state index in [4.69, 9.17) is 4.74 Å². The van der Waals surface area contributed by atoms with Gasteiger partial charge in [-0.1, -0.05) is 12.1 Å². The minimum absolute atomic E-state index is 0.0556. The molecule has 0 amide bonds. The third-order valence-electron chi connectivity index (χ3n) is 3.96. The van der Waals surface area contributed by atoms with Gasteiger partial charge in [-0.05, 0) is 44.4 Å². The molecule has 1 aliphatic rings. The molecule has 118 valence electrons. The summed E-state index contributed by atoms with van der Waals surface area (Å²) in [6.07, 6.45) is 3.49. The van der Waals surface area contributed by atoms with Crippen LogP contribution in [-0.2, 0) is 14.8 Å². The van der Waals surface area contributed by atoms with E-state index in [1.165, 1.54) is 0 Å². The van der Waals surface area contributed by atoms with Gasteiger partial charge in [0.05, 0.1) is 11.6 Å². The van der Waals surface area contributed by atoms with E-state index in [0.29, 0.717) is 12.1 Å². The van der Waals surface area contributed by atoms with Crippen LogP contribution in [0.2, 0.25) is 0 Å². The number of aryl methyl sites for hydroxylation is 1. The number of aromatic nitrogens is 1. The lowest BCUT2D eigenvalue weighted by atomic mass is 10.1. The van der Waals surface area contributed by atoms with Gasteiger partial charge in [-0.2, -0.15) is 0 Å². The molecule has 2 heterocycles. The molecule has 2 atom stereocenters. The van der Waals surface area contributed by atoms with Crippen molar-refractivity contribution in [2.75, 3.05) is 6.61 Å². The number of nitrogens with one attached hydrogen (secondary N) is 1. The Balaban J connectivity index is 1.95. The Morgan fingerprint density at radius 3 is 2.95 bits per heavy atom. The van der Waals surface area contributed by atoms with Crippen molar-refractivity contribution in [2.45, 2.75) is 43.7 Å². The van der Waals surface area contributed by atoms with Crippen LogP contribution in [0, 0.1) is 6.92 Å². The number of sulfonamides is 1. The van der Waals surface area contributed by atoms with Crippen LogP contribution in [0.4, 0.5) is 0 Å². The van der Waals surface area contributed by atoms with E-state index in [9.17, 15) is 8.42 Å². The molecule has 5 nitrogen and oxygen atoms in total. The number of hydrogen-bond acceptors (Lipinski definition) is 4. The van der Waals surface area contributed by atoms with E-state index in [0.717, 1.165) is 23.8 Å². The summed E-state index contributed by atoms with van der Waals surface area (Å²) < 4.78 is 33.7. The quantitative estimate of drug-likeness (QED) is 0.939. The van der Waals surface area contributed by atoms with Crippen LogP contribution in [0.25, 0.3) is 10.9 Å². The number of nitrogens with zero attached hydrogens (tertiary/aromatic N) is 1.